The molecule has 1 aliphatic heterocycles. The maximum atomic E-state index is 4.54. The Bertz CT molecular complexity index is 207. The molecule has 2 unspecified atom stereocenters. The van der Waals surface area contributed by atoms with Crippen LogP contribution in [-0.2, 0) is 0 Å². The smallest absolute Gasteiger partial charge is 0.157 e. The molecule has 0 saturated heterocycles. The lowest BCUT2D eigenvalue weighted by molar-refractivity contribution is 0.741. The molecule has 1 N–H and O–H groups in total. The molecule has 2 atom stereocenters. The topological polar surface area (TPSA) is 24.4 Å². The summed E-state index contributed by atoms with van der Waals surface area (Å²) in [5, 5.41) is 5.38. The normalized spacial score (nSPS) is 22.6. The minimum absolute atomic E-state index is 0.543. The van der Waals surface area contributed by atoms with Gasteiger partial charge >= 0.3 is 0 Å². The first kappa shape index (κ1) is 13.2. The van der Waals surface area contributed by atoms with Crippen molar-refractivity contribution in [1.82, 2.24) is 5.32 Å². The van der Waals surface area contributed by atoms with Gasteiger partial charge in [-0.1, -0.05) is 32.0 Å². The Kier molecular flexibility index (Phi) is 6.57. The van der Waals surface area contributed by atoms with Crippen molar-refractivity contribution < 1.29 is 0 Å². The molecule has 0 amide bonds. The highest BCUT2D eigenvalue weighted by atomic mass is 32.2. The molecule has 0 bridgehead atoms. The highest BCUT2D eigenvalue weighted by molar-refractivity contribution is 8.14. The van der Waals surface area contributed by atoms with Crippen LogP contribution < -0.4 is 5.32 Å². The van der Waals surface area contributed by atoms with Crippen LogP contribution in [0.1, 0.15) is 33.6 Å². The first-order chi connectivity index (χ1) is 7.26. The van der Waals surface area contributed by atoms with E-state index in [1.807, 2.05) is 23.5 Å². The third-order valence-corrected chi connectivity index (χ3v) is 4.60. The first-order valence-electron chi connectivity index (χ1n) is 5.81. The molecule has 0 aromatic carbocycles. The number of aliphatic imine (C=N–C) groups is 1. The molecule has 0 aromatic rings. The maximum absolute atomic E-state index is 4.54. The van der Waals surface area contributed by atoms with Crippen molar-refractivity contribution in [3.05, 3.63) is 0 Å². The summed E-state index contributed by atoms with van der Waals surface area (Å²) in [4.78, 5) is 4.54. The number of nitrogens with one attached hydrogen (secondary N) is 1. The highest BCUT2D eigenvalue weighted by Gasteiger charge is 2.19. The van der Waals surface area contributed by atoms with Crippen LogP contribution in [0.15, 0.2) is 4.99 Å². The Balaban J connectivity index is 2.17. The molecule has 0 fully saturated rings. The van der Waals surface area contributed by atoms with Crippen molar-refractivity contribution in [3.8, 4) is 0 Å². The largest absolute Gasteiger partial charge is 0.362 e. The molecule has 2 nitrogen and oxygen atoms in total. The summed E-state index contributed by atoms with van der Waals surface area (Å²) in [5.74, 6) is 2.37. The fourth-order valence-electron chi connectivity index (χ4n) is 1.52. The maximum Gasteiger partial charge on any atom is 0.157 e. The molecule has 0 aromatic heterocycles. The average Bonchev–Trinajstić information content (AvgIpc) is 2.63. The molecule has 15 heavy (non-hydrogen) atoms. The lowest BCUT2D eigenvalue weighted by Gasteiger charge is -2.14. The predicted octanol–water partition coefficient (Wildman–Crippen LogP) is 2.99. The zero-order valence-corrected chi connectivity index (χ0v) is 11.6. The van der Waals surface area contributed by atoms with Crippen molar-refractivity contribution >= 4 is 28.7 Å². The minimum atomic E-state index is 0.543. The van der Waals surface area contributed by atoms with Gasteiger partial charge in [-0.3, -0.25) is 4.99 Å². The molecule has 1 heterocycles. The van der Waals surface area contributed by atoms with Crippen LogP contribution in [0.25, 0.3) is 0 Å². The van der Waals surface area contributed by atoms with Crippen LogP contribution in [0.3, 0.4) is 0 Å². The summed E-state index contributed by atoms with van der Waals surface area (Å²) in [6.45, 7) is 7.69. The second kappa shape index (κ2) is 7.44. The van der Waals surface area contributed by atoms with Gasteiger partial charge in [0.2, 0.25) is 0 Å². The van der Waals surface area contributed by atoms with Gasteiger partial charge in [-0.25, -0.2) is 0 Å². The van der Waals surface area contributed by atoms with E-state index < -0.39 is 0 Å². The number of thioether (sulfide) groups is 2. The molecular formula is C11H22N2S2. The molecular weight excluding hydrogens is 224 g/mol. The average molecular weight is 246 g/mol. The van der Waals surface area contributed by atoms with Crippen molar-refractivity contribution in [2.24, 2.45) is 4.99 Å². The van der Waals surface area contributed by atoms with Gasteiger partial charge in [0.1, 0.15) is 0 Å². The molecule has 0 spiro atoms. The van der Waals surface area contributed by atoms with E-state index in [0.717, 1.165) is 17.0 Å². The van der Waals surface area contributed by atoms with Gasteiger partial charge in [0.15, 0.2) is 5.17 Å². The van der Waals surface area contributed by atoms with E-state index in [2.05, 4.69) is 31.1 Å². The lowest BCUT2D eigenvalue weighted by Crippen LogP contribution is -2.32. The van der Waals surface area contributed by atoms with E-state index in [1.165, 1.54) is 24.3 Å². The monoisotopic (exact) mass is 246 g/mol. The van der Waals surface area contributed by atoms with Crippen LogP contribution >= 0.6 is 23.5 Å². The molecule has 0 radical (unpaired) electrons. The van der Waals surface area contributed by atoms with E-state index in [9.17, 15) is 0 Å². The van der Waals surface area contributed by atoms with Gasteiger partial charge in [0.25, 0.3) is 0 Å². The standard InChI is InChI=1S/C11H22N2S2/c1-4-6-10-7-12-11(15-10)13-9(3)8-14-5-2/h9-10H,4-8H2,1-3H3,(H,12,13). The minimum Gasteiger partial charge on any atom is -0.362 e. The summed E-state index contributed by atoms with van der Waals surface area (Å²) in [5.41, 5.74) is 0. The summed E-state index contributed by atoms with van der Waals surface area (Å²) in [6.07, 6.45) is 2.55. The van der Waals surface area contributed by atoms with E-state index in [-0.39, 0.29) is 0 Å². The number of amidine groups is 1. The third-order valence-electron chi connectivity index (χ3n) is 2.27. The number of hydrogen-bond donors (Lipinski definition) is 1. The second-order valence-electron chi connectivity index (χ2n) is 3.88. The van der Waals surface area contributed by atoms with Gasteiger partial charge in [-0.15, -0.1) is 0 Å². The third kappa shape index (κ3) is 5.16. The molecule has 0 aliphatic carbocycles. The van der Waals surface area contributed by atoms with Crippen molar-refractivity contribution in [1.29, 1.82) is 0 Å². The molecule has 1 aliphatic rings. The zero-order chi connectivity index (χ0) is 11.1. The Morgan fingerprint density at radius 3 is 3.07 bits per heavy atom. The summed E-state index contributed by atoms with van der Waals surface area (Å²) >= 11 is 3.91. The summed E-state index contributed by atoms with van der Waals surface area (Å²) in [7, 11) is 0. The van der Waals surface area contributed by atoms with Gasteiger partial charge in [-0.05, 0) is 19.1 Å². The molecule has 88 valence electrons. The number of hydrogen-bond acceptors (Lipinski definition) is 4. The van der Waals surface area contributed by atoms with Crippen LogP contribution in [0.4, 0.5) is 0 Å². The molecule has 1 rings (SSSR count). The summed E-state index contributed by atoms with van der Waals surface area (Å²) < 4.78 is 0. The van der Waals surface area contributed by atoms with Gasteiger partial charge in [-0.2, -0.15) is 11.8 Å². The fraction of sp³-hybridized carbons (Fsp3) is 0.909. The van der Waals surface area contributed by atoms with Crippen molar-refractivity contribution in [2.75, 3.05) is 18.1 Å². The lowest BCUT2D eigenvalue weighted by atomic mass is 10.2. The second-order valence-corrected chi connectivity index (χ2v) is 6.49. The van der Waals surface area contributed by atoms with Crippen molar-refractivity contribution in [2.45, 2.75) is 44.9 Å². The number of rotatable bonds is 6. The van der Waals surface area contributed by atoms with E-state index in [4.69, 9.17) is 0 Å². The first-order valence-corrected chi connectivity index (χ1v) is 7.85. The van der Waals surface area contributed by atoms with Crippen molar-refractivity contribution in [3.63, 3.8) is 0 Å². The Morgan fingerprint density at radius 2 is 2.40 bits per heavy atom. The van der Waals surface area contributed by atoms with Crippen LogP contribution in [0.5, 0.6) is 0 Å². The van der Waals surface area contributed by atoms with Gasteiger partial charge < -0.3 is 5.32 Å². The van der Waals surface area contributed by atoms with E-state index >= 15 is 0 Å². The highest BCUT2D eigenvalue weighted by Crippen LogP contribution is 2.23. The number of nitrogens with zero attached hydrogens (tertiary/aromatic N) is 1. The van der Waals surface area contributed by atoms with E-state index in [0.29, 0.717) is 6.04 Å². The Labute approximate surface area is 102 Å². The van der Waals surface area contributed by atoms with Crippen LogP contribution in [-0.4, -0.2) is 34.5 Å². The van der Waals surface area contributed by atoms with Crippen LogP contribution in [0, 0.1) is 0 Å². The summed E-state index contributed by atoms with van der Waals surface area (Å²) in [6, 6.07) is 0.543. The van der Waals surface area contributed by atoms with Gasteiger partial charge in [0, 0.05) is 17.0 Å². The zero-order valence-electron chi connectivity index (χ0n) is 9.95. The quantitative estimate of drug-likeness (QED) is 0.780. The van der Waals surface area contributed by atoms with Gasteiger partial charge in [0.05, 0.1) is 6.54 Å². The fourth-order valence-corrected chi connectivity index (χ4v) is 3.43. The SMILES string of the molecule is CCCC1CN=C(NC(C)CSCC)S1. The molecule has 0 saturated carbocycles. The Morgan fingerprint density at radius 1 is 1.60 bits per heavy atom. The Hall–Kier alpha value is 0.170. The van der Waals surface area contributed by atoms with Crippen LogP contribution in [0.2, 0.25) is 0 Å². The van der Waals surface area contributed by atoms with E-state index in [1.54, 1.807) is 0 Å². The molecule has 4 heteroatoms. The predicted molar refractivity (Wildman–Crippen MR) is 74.2 cm³/mol.